The second-order valence-electron chi connectivity index (χ2n) is 7.05. The number of anilines is 1. The average Bonchev–Trinajstić information content (AvgIpc) is 3.13. The minimum Gasteiger partial charge on any atom is -0.384 e. The number of fused-ring (bicyclic) bond motifs is 1. The number of hydrogen-bond donors (Lipinski definition) is 1. The van der Waals surface area contributed by atoms with Crippen LogP contribution in [0.5, 0.6) is 0 Å². The third kappa shape index (κ3) is 4.63. The molecule has 0 radical (unpaired) electrons. The fourth-order valence-corrected chi connectivity index (χ4v) is 5.34. The van der Waals surface area contributed by atoms with Crippen LogP contribution in [0.1, 0.15) is 16.7 Å². The first-order chi connectivity index (χ1) is 12.6. The molecule has 5 nitrogen and oxygen atoms in total. The molecule has 2 heterocycles. The normalized spacial score (nSPS) is 17.8. The van der Waals surface area contributed by atoms with Crippen LogP contribution in [0.2, 0.25) is 0 Å². The van der Waals surface area contributed by atoms with Crippen LogP contribution in [0.25, 0.3) is 0 Å². The summed E-state index contributed by atoms with van der Waals surface area (Å²) in [5.41, 5.74) is 4.85. The molecule has 2 aromatic carbocycles. The van der Waals surface area contributed by atoms with Crippen LogP contribution in [-0.2, 0) is 28.7 Å². The van der Waals surface area contributed by atoms with Gasteiger partial charge in [0.2, 0.25) is 10.0 Å². The number of benzene rings is 2. The van der Waals surface area contributed by atoms with Crippen LogP contribution >= 0.6 is 12.4 Å². The molecular weight excluding hydrogens is 382 g/mol. The molecule has 0 bridgehead atoms. The zero-order valence-electron chi connectivity index (χ0n) is 15.3. The summed E-state index contributed by atoms with van der Waals surface area (Å²) in [6.45, 7) is 4.57. The third-order valence-electron chi connectivity index (χ3n) is 5.24. The number of nitrogens with zero attached hydrogens (tertiary/aromatic N) is 2. The highest BCUT2D eigenvalue weighted by Gasteiger charge is 2.27. The minimum atomic E-state index is -3.25. The fourth-order valence-electron chi connectivity index (χ4n) is 3.83. The van der Waals surface area contributed by atoms with Crippen LogP contribution in [0.3, 0.4) is 0 Å². The summed E-state index contributed by atoms with van der Waals surface area (Å²) in [4.78, 5) is 2.35. The Morgan fingerprint density at radius 3 is 2.41 bits per heavy atom. The standard InChI is InChI=1S/C20H25N3O2S.ClH/c24-26(25,16-17-5-2-1-3-6-17)23-13-11-22(12-14-23)15-19-8-4-7-18-9-10-21-20(18)19;/h1-8,21H,9-16H2;1H. The average molecular weight is 408 g/mol. The van der Waals surface area contributed by atoms with E-state index in [2.05, 4.69) is 28.4 Å². The molecule has 0 unspecified atom stereocenters. The lowest BCUT2D eigenvalue weighted by Gasteiger charge is -2.34. The molecule has 1 N–H and O–H groups in total. The van der Waals surface area contributed by atoms with Crippen molar-refractivity contribution in [1.29, 1.82) is 0 Å². The van der Waals surface area contributed by atoms with Crippen molar-refractivity contribution in [3.8, 4) is 0 Å². The largest absolute Gasteiger partial charge is 0.384 e. The zero-order valence-corrected chi connectivity index (χ0v) is 16.9. The Bertz CT molecular complexity index is 866. The van der Waals surface area contributed by atoms with Crippen LogP contribution in [0, 0.1) is 0 Å². The highest BCUT2D eigenvalue weighted by molar-refractivity contribution is 7.88. The molecule has 0 amide bonds. The number of piperazine rings is 1. The molecule has 2 aromatic rings. The predicted molar refractivity (Wildman–Crippen MR) is 112 cm³/mol. The van der Waals surface area contributed by atoms with Gasteiger partial charge in [-0.2, -0.15) is 4.31 Å². The summed E-state index contributed by atoms with van der Waals surface area (Å²) >= 11 is 0. The molecular formula is C20H26ClN3O2S. The maximum Gasteiger partial charge on any atom is 0.218 e. The summed E-state index contributed by atoms with van der Waals surface area (Å²) in [5.74, 6) is 0.0873. The smallest absolute Gasteiger partial charge is 0.218 e. The molecule has 0 aromatic heterocycles. The Hall–Kier alpha value is -1.60. The highest BCUT2D eigenvalue weighted by Crippen LogP contribution is 2.27. The third-order valence-corrected chi connectivity index (χ3v) is 7.09. The maximum absolute atomic E-state index is 12.7. The van der Waals surface area contributed by atoms with Crippen molar-refractivity contribution in [3.63, 3.8) is 0 Å². The summed E-state index contributed by atoms with van der Waals surface area (Å²) in [5, 5.41) is 3.49. The number of para-hydroxylation sites is 1. The predicted octanol–water partition coefficient (Wildman–Crippen LogP) is 2.72. The van der Waals surface area contributed by atoms with Gasteiger partial charge in [-0.05, 0) is 23.1 Å². The first-order valence-corrected chi connectivity index (χ1v) is 10.8. The van der Waals surface area contributed by atoms with E-state index in [0.717, 1.165) is 38.2 Å². The van der Waals surface area contributed by atoms with Gasteiger partial charge in [0.1, 0.15) is 0 Å². The summed E-state index contributed by atoms with van der Waals surface area (Å²) in [6.07, 6.45) is 1.09. The van der Waals surface area contributed by atoms with Crippen LogP contribution < -0.4 is 5.32 Å². The first-order valence-electron chi connectivity index (χ1n) is 9.20. The molecule has 146 valence electrons. The molecule has 27 heavy (non-hydrogen) atoms. The number of halogens is 1. The van der Waals surface area contributed by atoms with E-state index >= 15 is 0 Å². The SMILES string of the molecule is Cl.O=S(=O)(Cc1ccccc1)N1CCN(Cc2cccc3c2NCC3)CC1. The van der Waals surface area contributed by atoms with E-state index in [0.29, 0.717) is 13.1 Å². The van der Waals surface area contributed by atoms with E-state index in [1.54, 1.807) is 4.31 Å². The van der Waals surface area contributed by atoms with Gasteiger partial charge in [0.15, 0.2) is 0 Å². The lowest BCUT2D eigenvalue weighted by atomic mass is 10.1. The Morgan fingerprint density at radius 1 is 0.926 bits per heavy atom. The van der Waals surface area contributed by atoms with Crippen LogP contribution in [-0.4, -0.2) is 50.3 Å². The minimum absolute atomic E-state index is 0. The van der Waals surface area contributed by atoms with Gasteiger partial charge in [-0.15, -0.1) is 12.4 Å². The van der Waals surface area contributed by atoms with Crippen LogP contribution in [0.4, 0.5) is 5.69 Å². The fraction of sp³-hybridized carbons (Fsp3) is 0.400. The van der Waals surface area contributed by atoms with Gasteiger partial charge in [-0.3, -0.25) is 4.90 Å². The number of sulfonamides is 1. The lowest BCUT2D eigenvalue weighted by Crippen LogP contribution is -2.48. The molecule has 0 saturated carbocycles. The zero-order chi connectivity index (χ0) is 18.0. The Balaban J connectivity index is 0.00000210. The van der Waals surface area contributed by atoms with Gasteiger partial charge >= 0.3 is 0 Å². The van der Waals surface area contributed by atoms with Gasteiger partial charge in [-0.1, -0.05) is 48.5 Å². The maximum atomic E-state index is 12.7. The quantitative estimate of drug-likeness (QED) is 0.828. The topological polar surface area (TPSA) is 52.7 Å². The Kier molecular flexibility index (Phi) is 6.42. The van der Waals surface area contributed by atoms with Gasteiger partial charge < -0.3 is 5.32 Å². The molecule has 0 spiro atoms. The summed E-state index contributed by atoms with van der Waals surface area (Å²) in [7, 11) is -3.25. The van der Waals surface area contributed by atoms with E-state index in [1.807, 2.05) is 30.3 Å². The number of rotatable bonds is 5. The van der Waals surface area contributed by atoms with Crippen molar-refractivity contribution in [1.82, 2.24) is 9.21 Å². The molecule has 7 heteroatoms. The lowest BCUT2D eigenvalue weighted by molar-refractivity contribution is 0.181. The van der Waals surface area contributed by atoms with Crippen LogP contribution in [0.15, 0.2) is 48.5 Å². The Morgan fingerprint density at radius 2 is 1.67 bits per heavy atom. The molecule has 4 rings (SSSR count). The van der Waals surface area contributed by atoms with Crippen molar-refractivity contribution in [2.24, 2.45) is 0 Å². The van der Waals surface area contributed by atoms with Crippen molar-refractivity contribution in [3.05, 3.63) is 65.2 Å². The first kappa shape index (κ1) is 20.1. The van der Waals surface area contributed by atoms with Crippen molar-refractivity contribution < 1.29 is 8.42 Å². The van der Waals surface area contributed by atoms with Crippen molar-refractivity contribution in [2.75, 3.05) is 38.0 Å². The molecule has 1 fully saturated rings. The Labute approximate surface area is 167 Å². The number of hydrogen-bond acceptors (Lipinski definition) is 4. The van der Waals surface area contributed by atoms with E-state index in [4.69, 9.17) is 0 Å². The molecule has 1 saturated heterocycles. The molecule has 2 aliphatic rings. The van der Waals surface area contributed by atoms with Gasteiger partial charge in [0.25, 0.3) is 0 Å². The highest BCUT2D eigenvalue weighted by atomic mass is 35.5. The number of nitrogens with one attached hydrogen (secondary N) is 1. The second kappa shape index (κ2) is 8.61. The molecule has 0 atom stereocenters. The summed E-state index contributed by atoms with van der Waals surface area (Å²) < 4.78 is 27.0. The van der Waals surface area contributed by atoms with Gasteiger partial charge in [-0.25, -0.2) is 8.42 Å². The van der Waals surface area contributed by atoms with Gasteiger partial charge in [0, 0.05) is 45.0 Å². The second-order valence-corrected chi connectivity index (χ2v) is 9.01. The van der Waals surface area contributed by atoms with E-state index in [9.17, 15) is 8.42 Å². The monoisotopic (exact) mass is 407 g/mol. The van der Waals surface area contributed by atoms with Crippen molar-refractivity contribution in [2.45, 2.75) is 18.7 Å². The van der Waals surface area contributed by atoms with E-state index in [-0.39, 0.29) is 18.2 Å². The van der Waals surface area contributed by atoms with E-state index < -0.39 is 10.0 Å². The molecule has 0 aliphatic carbocycles. The van der Waals surface area contributed by atoms with Gasteiger partial charge in [0.05, 0.1) is 5.75 Å². The molecule has 2 aliphatic heterocycles. The van der Waals surface area contributed by atoms with Crippen molar-refractivity contribution >= 4 is 28.1 Å². The summed E-state index contributed by atoms with van der Waals surface area (Å²) in [6, 6.07) is 15.9. The van der Waals surface area contributed by atoms with E-state index in [1.165, 1.54) is 16.8 Å².